The number of methoxy groups -OCH3 is 2. The second kappa shape index (κ2) is 8.06. The summed E-state index contributed by atoms with van der Waals surface area (Å²) in [7, 11) is 2.90. The van der Waals surface area contributed by atoms with Crippen molar-refractivity contribution in [3.63, 3.8) is 0 Å². The number of ether oxygens (including phenoxy) is 2. The minimum absolute atomic E-state index is 0.0176. The molecule has 0 bridgehead atoms. The molecule has 1 aromatic rings. The van der Waals surface area contributed by atoms with Crippen molar-refractivity contribution in [2.45, 2.75) is 12.8 Å². The summed E-state index contributed by atoms with van der Waals surface area (Å²) in [4.78, 5) is 32.8. The Kier molecular flexibility index (Phi) is 6.10. The molecule has 128 valence electrons. The van der Waals surface area contributed by atoms with Crippen molar-refractivity contribution in [1.29, 1.82) is 0 Å². The number of carbonyl (C=O) groups is 2. The first-order chi connectivity index (χ1) is 11.5. The first-order valence-electron chi connectivity index (χ1n) is 6.88. The minimum Gasteiger partial charge on any atom is -0.481 e. The highest BCUT2D eigenvalue weighted by Gasteiger charge is 2.32. The van der Waals surface area contributed by atoms with Gasteiger partial charge in [-0.05, 0) is 12.5 Å². The number of thioether (sulfide) groups is 1. The molecular formula is C14H15N3O5S2. The lowest BCUT2D eigenvalue weighted by Gasteiger charge is -2.13. The van der Waals surface area contributed by atoms with E-state index in [0.29, 0.717) is 21.2 Å². The fourth-order valence-electron chi connectivity index (χ4n) is 1.94. The average Bonchev–Trinajstić information content (AvgIpc) is 2.82. The Morgan fingerprint density at radius 1 is 1.46 bits per heavy atom. The standard InChI is InChI=1S/C14H15N3O5S2/c1-21-11-8(7-15-13(16-11)22-2)6-9-12(20)17(14(23)24-9)5-3-4-10(18)19/h6-7H,3-5H2,1-2H3,(H,18,19). The normalized spacial score (nSPS) is 15.9. The van der Waals surface area contributed by atoms with E-state index in [9.17, 15) is 9.59 Å². The smallest absolute Gasteiger partial charge is 0.319 e. The molecule has 2 heterocycles. The highest BCUT2D eigenvalue weighted by atomic mass is 32.2. The SMILES string of the molecule is COc1ncc(C=C2SC(=S)N(CCCC(=O)O)C2=O)c(OC)n1. The number of carboxylic acids is 1. The topological polar surface area (TPSA) is 102 Å². The van der Waals surface area contributed by atoms with Gasteiger partial charge in [0.05, 0.1) is 24.7 Å². The molecule has 0 atom stereocenters. The van der Waals surface area contributed by atoms with Crippen molar-refractivity contribution in [2.75, 3.05) is 20.8 Å². The number of rotatable bonds is 7. The third kappa shape index (κ3) is 4.20. The number of hydrogen-bond acceptors (Lipinski definition) is 8. The molecule has 0 aromatic carbocycles. The van der Waals surface area contributed by atoms with E-state index in [-0.39, 0.29) is 30.8 Å². The van der Waals surface area contributed by atoms with Crippen molar-refractivity contribution in [2.24, 2.45) is 0 Å². The molecule has 2 rings (SSSR count). The van der Waals surface area contributed by atoms with Gasteiger partial charge >= 0.3 is 12.0 Å². The molecule has 10 heteroatoms. The highest BCUT2D eigenvalue weighted by molar-refractivity contribution is 8.26. The van der Waals surface area contributed by atoms with Gasteiger partial charge in [-0.15, -0.1) is 0 Å². The van der Waals surface area contributed by atoms with Crippen LogP contribution in [-0.4, -0.2) is 56.9 Å². The summed E-state index contributed by atoms with van der Waals surface area (Å²) in [5.41, 5.74) is 0.518. The lowest BCUT2D eigenvalue weighted by molar-refractivity contribution is -0.137. The molecule has 0 aliphatic carbocycles. The summed E-state index contributed by atoms with van der Waals surface area (Å²) >= 11 is 6.33. The zero-order valence-corrected chi connectivity index (χ0v) is 14.6. The average molecular weight is 369 g/mol. The van der Waals surface area contributed by atoms with E-state index in [1.807, 2.05) is 0 Å². The molecular weight excluding hydrogens is 354 g/mol. The van der Waals surface area contributed by atoms with Crippen LogP contribution >= 0.6 is 24.0 Å². The van der Waals surface area contributed by atoms with Gasteiger partial charge in [0.2, 0.25) is 5.88 Å². The maximum absolute atomic E-state index is 12.4. The number of carboxylic acid groups (broad SMARTS) is 1. The van der Waals surface area contributed by atoms with Crippen LogP contribution in [0.4, 0.5) is 0 Å². The Morgan fingerprint density at radius 2 is 2.21 bits per heavy atom. The fraction of sp³-hybridized carbons (Fsp3) is 0.357. The summed E-state index contributed by atoms with van der Waals surface area (Å²) in [6, 6.07) is 0.158. The van der Waals surface area contributed by atoms with Crippen LogP contribution in [0.15, 0.2) is 11.1 Å². The molecule has 1 fully saturated rings. The Labute approximate surface area is 147 Å². The molecule has 1 amide bonds. The van der Waals surface area contributed by atoms with Gasteiger partial charge in [0.15, 0.2) is 0 Å². The van der Waals surface area contributed by atoms with Crippen LogP contribution in [0.3, 0.4) is 0 Å². The summed E-state index contributed by atoms with van der Waals surface area (Å²) in [6.45, 7) is 0.268. The number of thiocarbonyl (C=S) groups is 1. The van der Waals surface area contributed by atoms with Gasteiger partial charge in [0.25, 0.3) is 5.91 Å². The number of nitrogens with zero attached hydrogens (tertiary/aromatic N) is 3. The molecule has 1 aliphatic rings. The third-order valence-corrected chi connectivity index (χ3v) is 4.44. The van der Waals surface area contributed by atoms with Crippen LogP contribution in [0.1, 0.15) is 18.4 Å². The monoisotopic (exact) mass is 369 g/mol. The maximum atomic E-state index is 12.4. The van der Waals surface area contributed by atoms with Crippen molar-refractivity contribution in [3.05, 3.63) is 16.7 Å². The summed E-state index contributed by atoms with van der Waals surface area (Å²) < 4.78 is 10.5. The lowest BCUT2D eigenvalue weighted by atomic mass is 10.2. The predicted octanol–water partition coefficient (Wildman–Crippen LogP) is 1.56. The summed E-state index contributed by atoms with van der Waals surface area (Å²) in [5, 5.41) is 8.68. The van der Waals surface area contributed by atoms with Gasteiger partial charge in [-0.1, -0.05) is 24.0 Å². The van der Waals surface area contributed by atoms with E-state index in [1.54, 1.807) is 6.08 Å². The lowest BCUT2D eigenvalue weighted by Crippen LogP contribution is -2.29. The predicted molar refractivity (Wildman–Crippen MR) is 91.9 cm³/mol. The molecule has 1 aromatic heterocycles. The van der Waals surface area contributed by atoms with E-state index in [4.69, 9.17) is 26.8 Å². The van der Waals surface area contributed by atoms with Crippen molar-refractivity contribution in [3.8, 4) is 11.9 Å². The second-order valence-corrected chi connectivity index (χ2v) is 6.33. The molecule has 1 aliphatic heterocycles. The van der Waals surface area contributed by atoms with E-state index < -0.39 is 5.97 Å². The molecule has 0 spiro atoms. The molecule has 0 unspecified atom stereocenters. The Hall–Kier alpha value is -2.20. The van der Waals surface area contributed by atoms with E-state index in [1.165, 1.54) is 25.3 Å². The van der Waals surface area contributed by atoms with Crippen LogP contribution in [-0.2, 0) is 9.59 Å². The summed E-state index contributed by atoms with van der Waals surface area (Å²) in [6.07, 6.45) is 3.40. The maximum Gasteiger partial charge on any atom is 0.319 e. The molecule has 1 saturated heterocycles. The van der Waals surface area contributed by atoms with E-state index in [2.05, 4.69) is 9.97 Å². The Bertz CT molecular complexity index is 708. The van der Waals surface area contributed by atoms with Gasteiger partial charge in [0.1, 0.15) is 4.32 Å². The quantitative estimate of drug-likeness (QED) is 0.566. The molecule has 0 radical (unpaired) electrons. The highest BCUT2D eigenvalue weighted by Crippen LogP contribution is 2.34. The molecule has 8 nitrogen and oxygen atoms in total. The zero-order valence-electron chi connectivity index (χ0n) is 13.0. The zero-order chi connectivity index (χ0) is 17.7. The van der Waals surface area contributed by atoms with Crippen molar-refractivity contribution in [1.82, 2.24) is 14.9 Å². The number of aromatic nitrogens is 2. The molecule has 0 saturated carbocycles. The minimum atomic E-state index is -0.906. The van der Waals surface area contributed by atoms with Crippen LogP contribution in [0.5, 0.6) is 11.9 Å². The van der Waals surface area contributed by atoms with Gasteiger partial charge < -0.3 is 14.6 Å². The third-order valence-electron chi connectivity index (χ3n) is 3.07. The number of carbonyl (C=O) groups excluding carboxylic acids is 1. The fourth-order valence-corrected chi connectivity index (χ4v) is 3.24. The number of aliphatic carboxylic acids is 1. The second-order valence-electron chi connectivity index (χ2n) is 4.65. The van der Waals surface area contributed by atoms with Crippen molar-refractivity contribution < 1.29 is 24.2 Å². The van der Waals surface area contributed by atoms with Gasteiger partial charge in [-0.3, -0.25) is 14.5 Å². The van der Waals surface area contributed by atoms with Gasteiger partial charge in [-0.2, -0.15) is 4.98 Å². The van der Waals surface area contributed by atoms with Crippen molar-refractivity contribution >= 4 is 46.3 Å². The number of amides is 1. The first kappa shape index (κ1) is 18.1. The Morgan fingerprint density at radius 3 is 2.83 bits per heavy atom. The van der Waals surface area contributed by atoms with E-state index in [0.717, 1.165) is 11.8 Å². The van der Waals surface area contributed by atoms with Gasteiger partial charge in [0, 0.05) is 19.2 Å². The van der Waals surface area contributed by atoms with Crippen LogP contribution in [0.25, 0.3) is 6.08 Å². The van der Waals surface area contributed by atoms with Gasteiger partial charge in [-0.25, -0.2) is 4.98 Å². The first-order valence-corrected chi connectivity index (χ1v) is 8.11. The van der Waals surface area contributed by atoms with Crippen LogP contribution in [0, 0.1) is 0 Å². The largest absolute Gasteiger partial charge is 0.481 e. The Balaban J connectivity index is 2.18. The van der Waals surface area contributed by atoms with Crippen LogP contribution in [0.2, 0.25) is 0 Å². The molecule has 24 heavy (non-hydrogen) atoms. The number of hydrogen-bond donors (Lipinski definition) is 1. The van der Waals surface area contributed by atoms with Crippen LogP contribution < -0.4 is 9.47 Å². The molecule has 1 N–H and O–H groups in total. The summed E-state index contributed by atoms with van der Waals surface area (Å²) in [5.74, 6) is -0.901. The van der Waals surface area contributed by atoms with E-state index >= 15 is 0 Å².